The fourth-order valence-corrected chi connectivity index (χ4v) is 3.81. The van der Waals surface area contributed by atoms with Crippen LogP contribution in [0.25, 0.3) is 0 Å². The summed E-state index contributed by atoms with van der Waals surface area (Å²) in [7, 11) is -3.60. The Bertz CT molecular complexity index is 628. The predicted molar refractivity (Wildman–Crippen MR) is 79.4 cm³/mol. The maximum Gasteiger partial charge on any atom is 0.243 e. The van der Waals surface area contributed by atoms with E-state index >= 15 is 0 Å². The minimum absolute atomic E-state index is 0. The van der Waals surface area contributed by atoms with Crippen LogP contribution in [0, 0.1) is 11.3 Å². The van der Waals surface area contributed by atoms with E-state index in [4.69, 9.17) is 22.6 Å². The molecule has 1 heterocycles. The molecule has 1 aliphatic heterocycles. The zero-order valence-electron chi connectivity index (χ0n) is 10.6. The number of nitrogens with zero attached hydrogens (tertiary/aromatic N) is 2. The molecule has 0 radical (unpaired) electrons. The second-order valence-electron chi connectivity index (χ2n) is 4.52. The molecule has 1 saturated heterocycles. The molecule has 8 heteroatoms. The molecule has 2 rings (SSSR count). The van der Waals surface area contributed by atoms with E-state index in [0.717, 1.165) is 12.8 Å². The van der Waals surface area contributed by atoms with Gasteiger partial charge in [-0.25, -0.2) is 8.42 Å². The van der Waals surface area contributed by atoms with Gasteiger partial charge in [0.05, 0.1) is 15.5 Å². The Morgan fingerprint density at radius 1 is 1.45 bits per heavy atom. The second-order valence-corrected chi connectivity index (χ2v) is 6.86. The Kier molecular flexibility index (Phi) is 5.80. The first kappa shape index (κ1) is 17.2. The quantitative estimate of drug-likeness (QED) is 0.891. The summed E-state index contributed by atoms with van der Waals surface area (Å²) in [5.74, 6) is 0. The summed E-state index contributed by atoms with van der Waals surface area (Å²) in [5, 5.41) is 9.15. The lowest BCUT2D eigenvalue weighted by Crippen LogP contribution is -2.45. The molecule has 2 N–H and O–H groups in total. The number of nitrogens with two attached hydrogens (primary N) is 1. The molecule has 20 heavy (non-hydrogen) atoms. The maximum atomic E-state index is 12.4. The van der Waals surface area contributed by atoms with Gasteiger partial charge in [0, 0.05) is 19.1 Å². The van der Waals surface area contributed by atoms with Crippen LogP contribution < -0.4 is 5.73 Å². The molecule has 0 aliphatic carbocycles. The molecule has 110 valence electrons. The lowest BCUT2D eigenvalue weighted by Gasteiger charge is -2.29. The molecule has 0 aromatic heterocycles. The van der Waals surface area contributed by atoms with E-state index in [1.54, 1.807) is 0 Å². The van der Waals surface area contributed by atoms with E-state index in [-0.39, 0.29) is 33.9 Å². The van der Waals surface area contributed by atoms with Crippen molar-refractivity contribution in [3.05, 3.63) is 28.8 Å². The van der Waals surface area contributed by atoms with Crippen LogP contribution in [-0.4, -0.2) is 31.9 Å². The summed E-state index contributed by atoms with van der Waals surface area (Å²) in [6.07, 6.45) is 1.58. The molecular weight excluding hydrogens is 321 g/mol. The lowest BCUT2D eigenvalue weighted by molar-refractivity contribution is 0.316. The normalized spacial score (nSPS) is 19.9. The van der Waals surface area contributed by atoms with Crippen molar-refractivity contribution in [2.75, 3.05) is 13.1 Å². The van der Waals surface area contributed by atoms with Crippen LogP contribution in [0.3, 0.4) is 0 Å². The number of rotatable bonds is 2. The topological polar surface area (TPSA) is 87.2 Å². The maximum absolute atomic E-state index is 12.4. The van der Waals surface area contributed by atoms with Crippen LogP contribution in [0.1, 0.15) is 18.4 Å². The van der Waals surface area contributed by atoms with Gasteiger partial charge in [-0.05, 0) is 31.0 Å². The molecule has 1 aliphatic rings. The van der Waals surface area contributed by atoms with Crippen LogP contribution in [0.2, 0.25) is 5.02 Å². The van der Waals surface area contributed by atoms with Crippen LogP contribution in [0.15, 0.2) is 23.1 Å². The number of sulfonamides is 1. The monoisotopic (exact) mass is 335 g/mol. The summed E-state index contributed by atoms with van der Waals surface area (Å²) < 4.78 is 26.2. The highest BCUT2D eigenvalue weighted by atomic mass is 35.5. The van der Waals surface area contributed by atoms with Crippen molar-refractivity contribution in [3.8, 4) is 6.07 Å². The number of hydrogen-bond donors (Lipinski definition) is 1. The summed E-state index contributed by atoms with van der Waals surface area (Å²) in [4.78, 5) is 0.0857. The predicted octanol–water partition coefficient (Wildman–Crippen LogP) is 1.75. The van der Waals surface area contributed by atoms with Crippen molar-refractivity contribution in [3.63, 3.8) is 0 Å². The smallest absolute Gasteiger partial charge is 0.243 e. The van der Waals surface area contributed by atoms with Crippen molar-refractivity contribution in [1.29, 1.82) is 5.26 Å². The van der Waals surface area contributed by atoms with Gasteiger partial charge in [0.2, 0.25) is 10.0 Å². The third-order valence-electron chi connectivity index (χ3n) is 3.12. The standard InChI is InChI=1S/C12H14ClN3O2S.ClH/c13-12-4-3-11(6-9(12)7-14)19(17,18)16-5-1-2-10(15)8-16;/h3-4,6,10H,1-2,5,8,15H2;1H. The van der Waals surface area contributed by atoms with E-state index in [1.807, 2.05) is 6.07 Å². The molecule has 0 saturated carbocycles. The van der Waals surface area contributed by atoms with E-state index in [2.05, 4.69) is 0 Å². The van der Waals surface area contributed by atoms with Crippen molar-refractivity contribution in [2.45, 2.75) is 23.8 Å². The molecule has 1 atom stereocenters. The van der Waals surface area contributed by atoms with Gasteiger partial charge in [0.25, 0.3) is 0 Å². The Hall–Kier alpha value is -0.840. The van der Waals surface area contributed by atoms with Gasteiger partial charge < -0.3 is 5.73 Å². The second kappa shape index (κ2) is 6.74. The third-order valence-corrected chi connectivity index (χ3v) is 5.31. The van der Waals surface area contributed by atoms with Crippen LogP contribution in [0.5, 0.6) is 0 Å². The van der Waals surface area contributed by atoms with Gasteiger partial charge in [-0.2, -0.15) is 9.57 Å². The van der Waals surface area contributed by atoms with Crippen molar-refractivity contribution >= 4 is 34.0 Å². The van der Waals surface area contributed by atoms with Gasteiger partial charge in [0.1, 0.15) is 6.07 Å². The lowest BCUT2D eigenvalue weighted by atomic mass is 10.1. The van der Waals surface area contributed by atoms with Gasteiger partial charge >= 0.3 is 0 Å². The third kappa shape index (κ3) is 3.43. The first-order valence-corrected chi connectivity index (χ1v) is 7.72. The number of benzene rings is 1. The highest BCUT2D eigenvalue weighted by molar-refractivity contribution is 7.89. The van der Waals surface area contributed by atoms with Gasteiger partial charge in [-0.15, -0.1) is 12.4 Å². The highest BCUT2D eigenvalue weighted by Crippen LogP contribution is 2.24. The van der Waals surface area contributed by atoms with E-state index in [1.165, 1.54) is 22.5 Å². The molecule has 1 aromatic rings. The number of halogens is 2. The fraction of sp³-hybridized carbons (Fsp3) is 0.417. The Labute approximate surface area is 129 Å². The van der Waals surface area contributed by atoms with Crippen molar-refractivity contribution in [1.82, 2.24) is 4.31 Å². The minimum Gasteiger partial charge on any atom is -0.327 e. The first-order valence-electron chi connectivity index (χ1n) is 5.90. The van der Waals surface area contributed by atoms with E-state index in [9.17, 15) is 8.42 Å². The molecule has 1 aromatic carbocycles. The number of hydrogen-bond acceptors (Lipinski definition) is 4. The number of piperidine rings is 1. The van der Waals surface area contributed by atoms with Gasteiger partial charge in [-0.1, -0.05) is 11.6 Å². The molecule has 5 nitrogen and oxygen atoms in total. The molecule has 1 unspecified atom stereocenters. The number of nitriles is 1. The molecule has 0 spiro atoms. The van der Waals surface area contributed by atoms with Crippen LogP contribution in [-0.2, 0) is 10.0 Å². The van der Waals surface area contributed by atoms with Gasteiger partial charge in [-0.3, -0.25) is 0 Å². The zero-order chi connectivity index (χ0) is 14.0. The Balaban J connectivity index is 0.00000200. The summed E-state index contributed by atoms with van der Waals surface area (Å²) >= 11 is 5.80. The molecular formula is C12H15Cl2N3O2S. The average molecular weight is 336 g/mol. The molecule has 0 amide bonds. The van der Waals surface area contributed by atoms with Gasteiger partial charge in [0.15, 0.2) is 0 Å². The summed E-state index contributed by atoms with van der Waals surface area (Å²) in [6.45, 7) is 0.771. The zero-order valence-corrected chi connectivity index (χ0v) is 13.0. The highest BCUT2D eigenvalue weighted by Gasteiger charge is 2.29. The summed E-state index contributed by atoms with van der Waals surface area (Å²) in [5.41, 5.74) is 5.96. The Morgan fingerprint density at radius 2 is 2.15 bits per heavy atom. The molecule has 1 fully saturated rings. The fourth-order valence-electron chi connectivity index (χ4n) is 2.09. The van der Waals surface area contributed by atoms with Crippen molar-refractivity contribution in [2.24, 2.45) is 5.73 Å². The van der Waals surface area contributed by atoms with Crippen LogP contribution >= 0.6 is 24.0 Å². The SMILES string of the molecule is Cl.N#Cc1cc(S(=O)(=O)N2CCCC(N)C2)ccc1Cl. The van der Waals surface area contributed by atoms with Crippen LogP contribution in [0.4, 0.5) is 0 Å². The van der Waals surface area contributed by atoms with E-state index < -0.39 is 10.0 Å². The average Bonchev–Trinajstić information content (AvgIpc) is 2.39. The minimum atomic E-state index is -3.60. The summed E-state index contributed by atoms with van der Waals surface area (Å²) in [6, 6.07) is 5.89. The first-order chi connectivity index (χ1) is 8.95. The Morgan fingerprint density at radius 3 is 2.75 bits per heavy atom. The largest absolute Gasteiger partial charge is 0.327 e. The molecule has 0 bridgehead atoms. The van der Waals surface area contributed by atoms with E-state index in [0.29, 0.717) is 13.1 Å². The van der Waals surface area contributed by atoms with Crippen molar-refractivity contribution < 1.29 is 8.42 Å².